The van der Waals surface area contributed by atoms with Gasteiger partial charge in [-0.05, 0) is 50.8 Å². The Bertz CT molecular complexity index is 528. The third-order valence-electron chi connectivity index (χ3n) is 4.92. The van der Waals surface area contributed by atoms with E-state index in [9.17, 15) is 4.79 Å². The summed E-state index contributed by atoms with van der Waals surface area (Å²) in [5.74, 6) is 0.658. The van der Waals surface area contributed by atoms with Gasteiger partial charge in [0.05, 0.1) is 12.0 Å². The van der Waals surface area contributed by atoms with E-state index in [0.717, 1.165) is 44.8 Å². The summed E-state index contributed by atoms with van der Waals surface area (Å²) >= 11 is 0. The molecule has 0 unspecified atom stereocenters. The van der Waals surface area contributed by atoms with Gasteiger partial charge in [0.15, 0.2) is 0 Å². The lowest BCUT2D eigenvalue weighted by Crippen LogP contribution is -2.42. The summed E-state index contributed by atoms with van der Waals surface area (Å²) in [7, 11) is 1.74. The molecule has 128 valence electrons. The number of ether oxygens (including phenoxy) is 1. The molecular weight excluding hydrogens is 288 g/mol. The van der Waals surface area contributed by atoms with E-state index in [0.29, 0.717) is 5.92 Å². The summed E-state index contributed by atoms with van der Waals surface area (Å²) in [6.45, 7) is 10.7. The molecule has 0 bridgehead atoms. The minimum absolute atomic E-state index is 0.113. The van der Waals surface area contributed by atoms with Crippen molar-refractivity contribution in [2.45, 2.75) is 32.6 Å². The monoisotopic (exact) mass is 318 g/mol. The molecule has 1 aliphatic rings. The van der Waals surface area contributed by atoms with Crippen LogP contribution in [-0.4, -0.2) is 50.7 Å². The van der Waals surface area contributed by atoms with Gasteiger partial charge >= 0.3 is 0 Å². The lowest BCUT2D eigenvalue weighted by atomic mass is 9.81. The van der Waals surface area contributed by atoms with Crippen LogP contribution in [0, 0.1) is 12.8 Å². The van der Waals surface area contributed by atoms with Crippen LogP contribution in [0.5, 0.6) is 0 Å². The standard InChI is InChI=1S/C19H30N2O2/c1-15-7-5-6-8-17(15)19(2,3)18(22)20-13-16-9-10-21(14-16)11-12-23-4/h5-8,16H,9-14H2,1-4H3,(H,20,22)/t16-/m1/s1. The van der Waals surface area contributed by atoms with Crippen molar-refractivity contribution in [3.63, 3.8) is 0 Å². The first-order valence-electron chi connectivity index (χ1n) is 8.51. The minimum atomic E-state index is -0.500. The number of nitrogens with one attached hydrogen (secondary N) is 1. The third kappa shape index (κ3) is 4.55. The largest absolute Gasteiger partial charge is 0.383 e. The molecule has 4 nitrogen and oxygen atoms in total. The highest BCUT2D eigenvalue weighted by Crippen LogP contribution is 2.26. The average Bonchev–Trinajstić information content (AvgIpc) is 2.98. The number of amides is 1. The molecule has 0 aliphatic carbocycles. The molecule has 2 rings (SSSR count). The third-order valence-corrected chi connectivity index (χ3v) is 4.92. The molecule has 0 spiro atoms. The Balaban J connectivity index is 1.86. The molecule has 1 amide bonds. The van der Waals surface area contributed by atoms with Gasteiger partial charge in [0.2, 0.25) is 5.91 Å². The van der Waals surface area contributed by atoms with Crippen LogP contribution in [0.1, 0.15) is 31.4 Å². The quantitative estimate of drug-likeness (QED) is 0.839. The van der Waals surface area contributed by atoms with E-state index in [1.54, 1.807) is 7.11 Å². The van der Waals surface area contributed by atoms with E-state index < -0.39 is 5.41 Å². The van der Waals surface area contributed by atoms with Crippen LogP contribution in [0.25, 0.3) is 0 Å². The molecular formula is C19H30N2O2. The van der Waals surface area contributed by atoms with Crippen LogP contribution in [0.15, 0.2) is 24.3 Å². The fourth-order valence-corrected chi connectivity index (χ4v) is 3.36. The zero-order valence-corrected chi connectivity index (χ0v) is 14.9. The number of carbonyl (C=O) groups excluding carboxylic acids is 1. The van der Waals surface area contributed by atoms with Gasteiger partial charge in [-0.1, -0.05) is 24.3 Å². The average molecular weight is 318 g/mol. The number of benzene rings is 1. The van der Waals surface area contributed by atoms with E-state index in [2.05, 4.69) is 29.3 Å². The summed E-state index contributed by atoms with van der Waals surface area (Å²) in [5.41, 5.74) is 1.77. The number of nitrogens with zero attached hydrogens (tertiary/aromatic N) is 1. The van der Waals surface area contributed by atoms with Crippen molar-refractivity contribution in [1.29, 1.82) is 0 Å². The van der Waals surface area contributed by atoms with Gasteiger partial charge in [0.25, 0.3) is 0 Å². The van der Waals surface area contributed by atoms with Crippen molar-refractivity contribution in [3.05, 3.63) is 35.4 Å². The Morgan fingerprint density at radius 1 is 1.39 bits per heavy atom. The number of hydrogen-bond donors (Lipinski definition) is 1. The van der Waals surface area contributed by atoms with Crippen LogP contribution in [0.3, 0.4) is 0 Å². The number of aryl methyl sites for hydroxylation is 1. The lowest BCUT2D eigenvalue weighted by Gasteiger charge is -2.26. The highest BCUT2D eigenvalue weighted by Gasteiger charge is 2.32. The van der Waals surface area contributed by atoms with Crippen LogP contribution in [0.2, 0.25) is 0 Å². The molecule has 1 aromatic carbocycles. The van der Waals surface area contributed by atoms with E-state index in [1.165, 1.54) is 5.56 Å². The number of carbonyl (C=O) groups is 1. The van der Waals surface area contributed by atoms with Crippen LogP contribution in [0.4, 0.5) is 0 Å². The molecule has 1 atom stereocenters. The zero-order valence-electron chi connectivity index (χ0n) is 14.9. The second-order valence-electron chi connectivity index (χ2n) is 7.10. The van der Waals surface area contributed by atoms with Gasteiger partial charge < -0.3 is 15.0 Å². The van der Waals surface area contributed by atoms with E-state index in [-0.39, 0.29) is 5.91 Å². The maximum absolute atomic E-state index is 12.7. The lowest BCUT2D eigenvalue weighted by molar-refractivity contribution is -0.125. The maximum atomic E-state index is 12.7. The van der Waals surface area contributed by atoms with E-state index in [1.807, 2.05) is 26.0 Å². The first kappa shape index (κ1) is 18.0. The summed E-state index contributed by atoms with van der Waals surface area (Å²) in [6, 6.07) is 8.13. The van der Waals surface area contributed by atoms with Gasteiger partial charge in [-0.25, -0.2) is 0 Å². The highest BCUT2D eigenvalue weighted by atomic mass is 16.5. The smallest absolute Gasteiger partial charge is 0.230 e. The van der Waals surface area contributed by atoms with Gasteiger partial charge in [-0.15, -0.1) is 0 Å². The second kappa shape index (κ2) is 7.93. The molecule has 1 aromatic rings. The highest BCUT2D eigenvalue weighted by molar-refractivity contribution is 5.87. The van der Waals surface area contributed by atoms with Crippen molar-refractivity contribution < 1.29 is 9.53 Å². The molecule has 0 aromatic heterocycles. The normalized spacial score (nSPS) is 19.0. The number of hydrogen-bond acceptors (Lipinski definition) is 3. The van der Waals surface area contributed by atoms with Crippen molar-refractivity contribution in [1.82, 2.24) is 10.2 Å². The molecule has 1 aliphatic heterocycles. The zero-order chi connectivity index (χ0) is 16.9. The summed E-state index contributed by atoms with van der Waals surface area (Å²) in [5, 5.41) is 3.17. The van der Waals surface area contributed by atoms with Gasteiger partial charge in [0.1, 0.15) is 0 Å². The first-order valence-corrected chi connectivity index (χ1v) is 8.51. The fourth-order valence-electron chi connectivity index (χ4n) is 3.36. The second-order valence-corrected chi connectivity index (χ2v) is 7.10. The number of likely N-dealkylation sites (tertiary alicyclic amines) is 1. The molecule has 1 fully saturated rings. The molecule has 4 heteroatoms. The Kier molecular flexibility index (Phi) is 6.19. The Labute approximate surface area is 140 Å². The van der Waals surface area contributed by atoms with E-state index >= 15 is 0 Å². The molecule has 23 heavy (non-hydrogen) atoms. The van der Waals surface area contributed by atoms with Crippen molar-refractivity contribution in [2.75, 3.05) is 39.9 Å². The molecule has 1 N–H and O–H groups in total. The molecule has 0 saturated carbocycles. The summed E-state index contributed by atoms with van der Waals surface area (Å²) in [4.78, 5) is 15.1. The number of rotatable bonds is 7. The van der Waals surface area contributed by atoms with Crippen molar-refractivity contribution in [2.24, 2.45) is 5.92 Å². The van der Waals surface area contributed by atoms with Gasteiger partial charge in [-0.3, -0.25) is 4.79 Å². The Morgan fingerprint density at radius 3 is 2.83 bits per heavy atom. The molecule has 1 heterocycles. The molecule has 1 saturated heterocycles. The van der Waals surface area contributed by atoms with Crippen LogP contribution >= 0.6 is 0 Å². The van der Waals surface area contributed by atoms with E-state index in [4.69, 9.17) is 4.74 Å². The Hall–Kier alpha value is -1.39. The van der Waals surface area contributed by atoms with Crippen molar-refractivity contribution >= 4 is 5.91 Å². The maximum Gasteiger partial charge on any atom is 0.230 e. The number of methoxy groups -OCH3 is 1. The Morgan fingerprint density at radius 2 is 2.13 bits per heavy atom. The molecule has 0 radical (unpaired) electrons. The summed E-state index contributed by atoms with van der Waals surface area (Å²) < 4.78 is 5.13. The fraction of sp³-hybridized carbons (Fsp3) is 0.632. The predicted octanol–water partition coefficient (Wildman–Crippen LogP) is 2.36. The topological polar surface area (TPSA) is 41.6 Å². The van der Waals surface area contributed by atoms with Gasteiger partial charge in [0, 0.05) is 26.7 Å². The van der Waals surface area contributed by atoms with Crippen LogP contribution in [-0.2, 0) is 14.9 Å². The van der Waals surface area contributed by atoms with Crippen molar-refractivity contribution in [3.8, 4) is 0 Å². The predicted molar refractivity (Wildman–Crippen MR) is 93.6 cm³/mol. The van der Waals surface area contributed by atoms with Gasteiger partial charge in [-0.2, -0.15) is 0 Å². The summed E-state index contributed by atoms with van der Waals surface area (Å²) in [6.07, 6.45) is 1.15. The SMILES string of the molecule is COCCN1CC[C@H](CNC(=O)C(C)(C)c2ccccc2C)C1. The van der Waals surface area contributed by atoms with Crippen LogP contribution < -0.4 is 5.32 Å². The minimum Gasteiger partial charge on any atom is -0.383 e. The first-order chi connectivity index (χ1) is 10.9.